The zero-order valence-electron chi connectivity index (χ0n) is 16.0. The number of nitrogens with zero attached hydrogens (tertiary/aromatic N) is 4. The molecule has 0 spiro atoms. The Morgan fingerprint density at radius 2 is 2.04 bits per heavy atom. The van der Waals surface area contributed by atoms with Gasteiger partial charge in [0.15, 0.2) is 5.50 Å². The average Bonchev–Trinajstić information content (AvgIpc) is 3.38. The van der Waals surface area contributed by atoms with E-state index in [4.69, 9.17) is 0 Å². The molecular weight excluding hydrogens is 364 g/mol. The third-order valence-corrected chi connectivity index (χ3v) is 6.77. The lowest BCUT2D eigenvalue weighted by molar-refractivity contribution is 0.412. The average molecular weight is 389 g/mol. The lowest BCUT2D eigenvalue weighted by Crippen LogP contribution is -2.43. The molecule has 0 saturated heterocycles. The van der Waals surface area contributed by atoms with Crippen molar-refractivity contribution < 1.29 is 0 Å². The lowest BCUT2D eigenvalue weighted by Gasteiger charge is -2.38. The molecule has 5 rings (SSSR count). The molecule has 4 nitrogen and oxygen atoms in total. The van der Waals surface area contributed by atoms with E-state index in [0.717, 1.165) is 18.7 Å². The number of rotatable bonds is 4. The van der Waals surface area contributed by atoms with Crippen molar-refractivity contribution in [2.75, 3.05) is 18.5 Å². The van der Waals surface area contributed by atoms with Crippen LogP contribution in [0, 0.1) is 0 Å². The van der Waals surface area contributed by atoms with Gasteiger partial charge in [-0.1, -0.05) is 42.1 Å². The van der Waals surface area contributed by atoms with Crippen LogP contribution in [0.15, 0.2) is 78.1 Å². The molecule has 3 heterocycles. The van der Waals surface area contributed by atoms with Crippen molar-refractivity contribution in [3.8, 4) is 5.69 Å². The number of aromatic nitrogens is 2. The van der Waals surface area contributed by atoms with Crippen LogP contribution >= 0.6 is 11.8 Å². The number of hydrogen-bond donors (Lipinski definition) is 0. The summed E-state index contributed by atoms with van der Waals surface area (Å²) in [6, 6.07) is 19.5. The molecule has 2 aromatic carbocycles. The third-order valence-electron chi connectivity index (χ3n) is 5.42. The van der Waals surface area contributed by atoms with E-state index in [-0.39, 0.29) is 0 Å². The second kappa shape index (κ2) is 7.40. The molecule has 0 N–H and O–H groups in total. The Kier molecular flexibility index (Phi) is 4.61. The number of aryl methyl sites for hydroxylation is 1. The fourth-order valence-electron chi connectivity index (χ4n) is 4.13. The van der Waals surface area contributed by atoms with Crippen LogP contribution in [0.5, 0.6) is 0 Å². The molecule has 1 aromatic heterocycles. The van der Waals surface area contributed by atoms with Crippen molar-refractivity contribution in [3.63, 3.8) is 0 Å². The minimum atomic E-state index is 0.339. The second-order valence-electron chi connectivity index (χ2n) is 7.43. The normalized spacial score (nSPS) is 18.9. The Labute approximate surface area is 170 Å². The first-order chi connectivity index (χ1) is 13.8. The van der Waals surface area contributed by atoms with Gasteiger partial charge in [-0.2, -0.15) is 5.10 Å². The van der Waals surface area contributed by atoms with Crippen molar-refractivity contribution in [1.29, 1.82) is 0 Å². The smallest absolute Gasteiger partial charge is 0.154 e. The topological polar surface area (TPSA) is 24.3 Å². The summed E-state index contributed by atoms with van der Waals surface area (Å²) in [4.78, 5) is 6.33. The Hall–Kier alpha value is -2.66. The van der Waals surface area contributed by atoms with Crippen LogP contribution in [-0.4, -0.2) is 33.8 Å². The molecule has 2 aliphatic rings. The molecule has 0 amide bonds. The van der Waals surface area contributed by atoms with Gasteiger partial charge in [0, 0.05) is 49.2 Å². The fourth-order valence-corrected chi connectivity index (χ4v) is 5.46. The maximum atomic E-state index is 4.35. The van der Waals surface area contributed by atoms with Gasteiger partial charge < -0.3 is 9.80 Å². The summed E-state index contributed by atoms with van der Waals surface area (Å²) in [7, 11) is 2.20. The highest BCUT2D eigenvalue weighted by Gasteiger charge is 2.31. The van der Waals surface area contributed by atoms with E-state index in [1.54, 1.807) is 0 Å². The zero-order chi connectivity index (χ0) is 18.9. The van der Waals surface area contributed by atoms with Crippen molar-refractivity contribution >= 4 is 17.4 Å². The van der Waals surface area contributed by atoms with Crippen molar-refractivity contribution in [2.24, 2.45) is 0 Å². The summed E-state index contributed by atoms with van der Waals surface area (Å²) >= 11 is 1.98. The van der Waals surface area contributed by atoms with Gasteiger partial charge in [0.05, 0.1) is 5.69 Å². The highest BCUT2D eigenvalue weighted by atomic mass is 32.2. The van der Waals surface area contributed by atoms with E-state index in [1.165, 1.54) is 34.6 Å². The van der Waals surface area contributed by atoms with Crippen LogP contribution in [0.1, 0.15) is 17.5 Å². The van der Waals surface area contributed by atoms with Gasteiger partial charge in [0.25, 0.3) is 0 Å². The van der Waals surface area contributed by atoms with Crippen LogP contribution in [0.25, 0.3) is 5.69 Å². The Balaban J connectivity index is 1.33. The standard InChI is InChI=1S/C23H24N4S/c1-25-17-21(16-18-7-4-10-20(15-18)27-14-6-12-24-27)28-23(25)26-13-5-9-19-8-2-3-11-22(19)26/h2-4,6-8,10-12,14-15,17,23H,5,9,13,16H2,1H3. The SMILES string of the molecule is CN1C=C(Cc2cccc(-n3cccn3)c2)SC1N1CCCc2ccccc21. The molecule has 0 radical (unpaired) electrons. The molecular formula is C23H24N4S. The monoisotopic (exact) mass is 388 g/mol. The van der Waals surface area contributed by atoms with Crippen LogP contribution in [0.2, 0.25) is 0 Å². The molecule has 0 fully saturated rings. The number of allylic oxidation sites excluding steroid dienone is 1. The summed E-state index contributed by atoms with van der Waals surface area (Å²) in [5.41, 5.74) is 5.64. The maximum Gasteiger partial charge on any atom is 0.154 e. The first-order valence-corrected chi connectivity index (χ1v) is 10.7. The van der Waals surface area contributed by atoms with Gasteiger partial charge in [-0.25, -0.2) is 4.68 Å². The maximum absolute atomic E-state index is 4.35. The quantitative estimate of drug-likeness (QED) is 0.648. The number of benzene rings is 2. The van der Waals surface area contributed by atoms with Gasteiger partial charge in [0.1, 0.15) is 0 Å². The number of hydrogen-bond acceptors (Lipinski definition) is 4. The van der Waals surface area contributed by atoms with Gasteiger partial charge in [-0.3, -0.25) is 0 Å². The Bertz CT molecular complexity index is 995. The molecule has 0 bridgehead atoms. The summed E-state index contributed by atoms with van der Waals surface area (Å²) in [5.74, 6) is 0. The number of thioether (sulfide) groups is 1. The summed E-state index contributed by atoms with van der Waals surface area (Å²) < 4.78 is 1.92. The molecule has 142 valence electrons. The van der Waals surface area contributed by atoms with Crippen molar-refractivity contribution in [2.45, 2.75) is 24.8 Å². The largest absolute Gasteiger partial charge is 0.351 e. The number of para-hydroxylation sites is 1. The highest BCUT2D eigenvalue weighted by molar-refractivity contribution is 8.03. The van der Waals surface area contributed by atoms with E-state index in [0.29, 0.717) is 5.50 Å². The van der Waals surface area contributed by atoms with E-state index in [2.05, 4.69) is 76.7 Å². The van der Waals surface area contributed by atoms with E-state index in [1.807, 2.05) is 34.9 Å². The van der Waals surface area contributed by atoms with Crippen LogP contribution < -0.4 is 4.90 Å². The molecule has 5 heteroatoms. The van der Waals surface area contributed by atoms with E-state index >= 15 is 0 Å². The number of fused-ring (bicyclic) bond motifs is 1. The van der Waals surface area contributed by atoms with Gasteiger partial charge >= 0.3 is 0 Å². The summed E-state index contributed by atoms with van der Waals surface area (Å²) in [5, 5.41) is 4.35. The highest BCUT2D eigenvalue weighted by Crippen LogP contribution is 2.40. The molecule has 28 heavy (non-hydrogen) atoms. The molecule has 3 aromatic rings. The van der Waals surface area contributed by atoms with Crippen LogP contribution in [0.3, 0.4) is 0 Å². The van der Waals surface area contributed by atoms with Crippen LogP contribution in [-0.2, 0) is 12.8 Å². The first kappa shape index (κ1) is 17.4. The van der Waals surface area contributed by atoms with Gasteiger partial charge in [-0.05, 0) is 48.2 Å². The predicted molar refractivity (Wildman–Crippen MR) is 117 cm³/mol. The number of anilines is 1. The fraction of sp³-hybridized carbons (Fsp3) is 0.261. The van der Waals surface area contributed by atoms with Crippen LogP contribution in [0.4, 0.5) is 5.69 Å². The third kappa shape index (κ3) is 3.31. The Morgan fingerprint density at radius 3 is 2.93 bits per heavy atom. The molecule has 2 aliphatic heterocycles. The molecule has 0 saturated carbocycles. The molecule has 1 atom stereocenters. The Morgan fingerprint density at radius 1 is 1.11 bits per heavy atom. The van der Waals surface area contributed by atoms with Gasteiger partial charge in [-0.15, -0.1) is 0 Å². The first-order valence-electron chi connectivity index (χ1n) is 9.81. The predicted octanol–water partition coefficient (Wildman–Crippen LogP) is 4.67. The second-order valence-corrected chi connectivity index (χ2v) is 8.61. The van der Waals surface area contributed by atoms with Crippen molar-refractivity contribution in [3.05, 3.63) is 89.2 Å². The zero-order valence-corrected chi connectivity index (χ0v) is 16.8. The molecule has 1 unspecified atom stereocenters. The summed E-state index contributed by atoms with van der Waals surface area (Å²) in [6.07, 6.45) is 9.49. The minimum Gasteiger partial charge on any atom is -0.351 e. The van der Waals surface area contributed by atoms with E-state index < -0.39 is 0 Å². The van der Waals surface area contributed by atoms with E-state index in [9.17, 15) is 0 Å². The lowest BCUT2D eigenvalue weighted by atomic mass is 10.0. The molecule has 0 aliphatic carbocycles. The summed E-state index contributed by atoms with van der Waals surface area (Å²) in [6.45, 7) is 1.12. The van der Waals surface area contributed by atoms with Gasteiger partial charge in [0.2, 0.25) is 0 Å². The minimum absolute atomic E-state index is 0.339. The van der Waals surface area contributed by atoms with Crippen molar-refractivity contribution in [1.82, 2.24) is 14.7 Å².